The third kappa shape index (κ3) is 1.86. The van der Waals surface area contributed by atoms with E-state index in [-0.39, 0.29) is 0 Å². The highest BCUT2D eigenvalue weighted by Gasteiger charge is 2.14. The summed E-state index contributed by atoms with van der Waals surface area (Å²) in [5, 5.41) is 21.6. The Kier molecular flexibility index (Phi) is 2.74. The van der Waals surface area contributed by atoms with Crippen molar-refractivity contribution in [2.24, 2.45) is 0 Å². The highest BCUT2D eigenvalue weighted by Crippen LogP contribution is 2.35. The van der Waals surface area contributed by atoms with Crippen molar-refractivity contribution in [2.75, 3.05) is 0 Å². The van der Waals surface area contributed by atoms with Crippen LogP contribution in [0.4, 0.5) is 0 Å². The largest absolute Gasteiger partial charge is 0.239 e. The van der Waals surface area contributed by atoms with E-state index in [2.05, 4.69) is 61.2 Å². The Morgan fingerprint density at radius 2 is 2.12 bits per heavy atom. The highest BCUT2D eigenvalue weighted by molar-refractivity contribution is 7.17. The molecule has 0 fully saturated rings. The van der Waals surface area contributed by atoms with Crippen molar-refractivity contribution >= 4 is 27.1 Å². The van der Waals surface area contributed by atoms with Crippen LogP contribution in [-0.4, -0.2) is 35.2 Å². The zero-order valence-corrected chi connectivity index (χ0v) is 13.4. The first-order valence-electron chi connectivity index (χ1n) is 7.36. The first kappa shape index (κ1) is 13.3. The topological polar surface area (TPSA) is 84.6 Å². The number of benzene rings is 1. The molecule has 0 aliphatic carbocycles. The predicted molar refractivity (Wildman–Crippen MR) is 91.7 cm³/mol. The fourth-order valence-electron chi connectivity index (χ4n) is 2.93. The van der Waals surface area contributed by atoms with E-state index in [9.17, 15) is 0 Å². The van der Waals surface area contributed by atoms with Gasteiger partial charge in [-0.15, -0.1) is 16.4 Å². The third-order valence-electron chi connectivity index (χ3n) is 4.08. The molecular weight excluding hydrogens is 322 g/mol. The van der Waals surface area contributed by atoms with E-state index in [1.165, 1.54) is 21.2 Å². The van der Waals surface area contributed by atoms with Gasteiger partial charge in [0.1, 0.15) is 0 Å². The Hall–Kier alpha value is -3.13. The number of hydrogen-bond acceptors (Lipinski definition) is 6. The molecule has 0 radical (unpaired) electrons. The van der Waals surface area contributed by atoms with Gasteiger partial charge >= 0.3 is 0 Å². The standard InChI is InChI=1S/C16H11N7S/c1-9-2-3-10-4-5-24-14(10)13(9)11-6-17-16-12(7-18-23(16)8-11)15-19-21-22-20-15/h2-8H,1H3,(H,19,20,21,22). The number of fused-ring (bicyclic) bond motifs is 2. The van der Waals surface area contributed by atoms with E-state index in [1.54, 1.807) is 22.0 Å². The number of hydrogen-bond donors (Lipinski definition) is 1. The normalized spacial score (nSPS) is 11.5. The SMILES string of the molecule is Cc1ccc2ccsc2c1-c1cnc2c(-c3nnn[nH]3)cnn2c1. The zero-order valence-electron chi connectivity index (χ0n) is 12.6. The van der Waals surface area contributed by atoms with E-state index < -0.39 is 0 Å². The minimum atomic E-state index is 0.557. The molecule has 24 heavy (non-hydrogen) atoms. The summed E-state index contributed by atoms with van der Waals surface area (Å²) in [4.78, 5) is 4.60. The number of thiophene rings is 1. The molecular formula is C16H11N7S. The quantitative estimate of drug-likeness (QED) is 0.536. The molecule has 0 atom stereocenters. The molecule has 116 valence electrons. The lowest BCUT2D eigenvalue weighted by Crippen LogP contribution is -1.94. The van der Waals surface area contributed by atoms with Crippen molar-refractivity contribution in [3.8, 4) is 22.5 Å². The number of nitrogens with one attached hydrogen (secondary N) is 1. The second kappa shape index (κ2) is 4.93. The lowest BCUT2D eigenvalue weighted by atomic mass is 10.0. The minimum absolute atomic E-state index is 0.557. The molecule has 5 aromatic rings. The molecule has 1 N–H and O–H groups in total. The lowest BCUT2D eigenvalue weighted by Gasteiger charge is -2.08. The van der Waals surface area contributed by atoms with Crippen molar-refractivity contribution in [2.45, 2.75) is 6.92 Å². The van der Waals surface area contributed by atoms with Gasteiger partial charge in [-0.05, 0) is 39.7 Å². The fourth-order valence-corrected chi connectivity index (χ4v) is 3.95. The number of tetrazole rings is 1. The summed E-state index contributed by atoms with van der Waals surface area (Å²) in [5.41, 5.74) is 4.96. The molecule has 8 heteroatoms. The van der Waals surface area contributed by atoms with Gasteiger partial charge in [0.25, 0.3) is 0 Å². The average Bonchev–Trinajstić information content (AvgIpc) is 3.33. The van der Waals surface area contributed by atoms with Crippen LogP contribution in [0, 0.1) is 6.92 Å². The van der Waals surface area contributed by atoms with Gasteiger partial charge in [0, 0.05) is 28.2 Å². The Bertz CT molecular complexity index is 1170. The van der Waals surface area contributed by atoms with E-state index in [1.807, 2.05) is 12.4 Å². The lowest BCUT2D eigenvalue weighted by molar-refractivity contribution is 0.881. The number of aromatic nitrogens is 7. The summed E-state index contributed by atoms with van der Waals surface area (Å²) >= 11 is 1.74. The van der Waals surface area contributed by atoms with E-state index >= 15 is 0 Å². The van der Waals surface area contributed by atoms with Crippen LogP contribution in [0.5, 0.6) is 0 Å². The van der Waals surface area contributed by atoms with E-state index in [0.29, 0.717) is 11.5 Å². The second-order valence-electron chi connectivity index (χ2n) is 5.52. The Morgan fingerprint density at radius 3 is 3.00 bits per heavy atom. The fraction of sp³-hybridized carbons (Fsp3) is 0.0625. The van der Waals surface area contributed by atoms with Gasteiger partial charge in [0.05, 0.1) is 11.8 Å². The summed E-state index contributed by atoms with van der Waals surface area (Å²) in [6, 6.07) is 6.43. The summed E-state index contributed by atoms with van der Waals surface area (Å²) in [7, 11) is 0. The Balaban J connectivity index is 1.74. The number of aryl methyl sites for hydroxylation is 1. The van der Waals surface area contributed by atoms with Crippen LogP contribution in [0.1, 0.15) is 5.56 Å². The maximum atomic E-state index is 4.60. The smallest absolute Gasteiger partial charge is 0.184 e. The summed E-state index contributed by atoms with van der Waals surface area (Å²) in [6.07, 6.45) is 5.59. The van der Waals surface area contributed by atoms with Crippen LogP contribution in [0.3, 0.4) is 0 Å². The molecule has 0 saturated heterocycles. The monoisotopic (exact) mass is 333 g/mol. The molecule has 0 unspecified atom stereocenters. The Morgan fingerprint density at radius 1 is 1.17 bits per heavy atom. The Labute approximate surface area is 140 Å². The van der Waals surface area contributed by atoms with Gasteiger partial charge < -0.3 is 0 Å². The maximum absolute atomic E-state index is 4.60. The van der Waals surface area contributed by atoms with Crippen molar-refractivity contribution in [1.29, 1.82) is 0 Å². The molecule has 0 bridgehead atoms. The molecule has 7 nitrogen and oxygen atoms in total. The van der Waals surface area contributed by atoms with Crippen molar-refractivity contribution in [3.63, 3.8) is 0 Å². The molecule has 0 amide bonds. The van der Waals surface area contributed by atoms with Crippen molar-refractivity contribution in [3.05, 3.63) is 47.7 Å². The zero-order chi connectivity index (χ0) is 16.1. The molecule has 4 aromatic heterocycles. The van der Waals surface area contributed by atoms with Gasteiger partial charge in [-0.3, -0.25) is 0 Å². The molecule has 1 aromatic carbocycles. The van der Waals surface area contributed by atoms with Crippen molar-refractivity contribution in [1.82, 2.24) is 35.2 Å². The van der Waals surface area contributed by atoms with Crippen molar-refractivity contribution < 1.29 is 0 Å². The van der Waals surface area contributed by atoms with Gasteiger partial charge in [0.15, 0.2) is 11.5 Å². The second-order valence-corrected chi connectivity index (χ2v) is 6.43. The molecule has 0 saturated carbocycles. The van der Waals surface area contributed by atoms with Gasteiger partial charge in [-0.1, -0.05) is 12.1 Å². The molecule has 0 aliphatic rings. The van der Waals surface area contributed by atoms with Gasteiger partial charge in [-0.25, -0.2) is 14.6 Å². The van der Waals surface area contributed by atoms with Crippen LogP contribution in [0.15, 0.2) is 42.2 Å². The predicted octanol–water partition coefficient (Wildman–Crippen LogP) is 3.10. The van der Waals surface area contributed by atoms with Crippen LogP contribution in [0.25, 0.3) is 38.2 Å². The van der Waals surface area contributed by atoms with Crippen LogP contribution < -0.4 is 0 Å². The van der Waals surface area contributed by atoms with Gasteiger partial charge in [-0.2, -0.15) is 5.10 Å². The van der Waals surface area contributed by atoms with E-state index in [4.69, 9.17) is 0 Å². The highest BCUT2D eigenvalue weighted by atomic mass is 32.1. The average molecular weight is 333 g/mol. The van der Waals surface area contributed by atoms with Crippen LogP contribution in [-0.2, 0) is 0 Å². The van der Waals surface area contributed by atoms with Crippen LogP contribution >= 0.6 is 11.3 Å². The van der Waals surface area contributed by atoms with Crippen LogP contribution in [0.2, 0.25) is 0 Å². The summed E-state index contributed by atoms with van der Waals surface area (Å²) < 4.78 is 3.03. The number of rotatable bonds is 2. The number of aromatic amines is 1. The molecule has 5 rings (SSSR count). The molecule has 0 aliphatic heterocycles. The first-order chi connectivity index (χ1) is 11.8. The summed E-state index contributed by atoms with van der Waals surface area (Å²) in [6.45, 7) is 2.12. The summed E-state index contributed by atoms with van der Waals surface area (Å²) in [5.74, 6) is 0.557. The first-order valence-corrected chi connectivity index (χ1v) is 8.24. The molecule has 0 spiro atoms. The third-order valence-corrected chi connectivity index (χ3v) is 5.02. The maximum Gasteiger partial charge on any atom is 0.184 e. The number of H-pyrrole nitrogens is 1. The molecule has 4 heterocycles. The van der Waals surface area contributed by atoms with E-state index in [0.717, 1.165) is 11.1 Å². The number of nitrogens with zero attached hydrogens (tertiary/aromatic N) is 6. The van der Waals surface area contributed by atoms with Gasteiger partial charge in [0.2, 0.25) is 0 Å². The minimum Gasteiger partial charge on any atom is -0.239 e.